The molecule has 1 atom stereocenters. The van der Waals surface area contributed by atoms with E-state index in [9.17, 15) is 9.59 Å². The Kier molecular flexibility index (Phi) is 7.44. The van der Waals surface area contributed by atoms with Crippen LogP contribution in [-0.2, 0) is 4.74 Å². The molecular formula is C22H26O6. The van der Waals surface area contributed by atoms with E-state index < -0.39 is 5.97 Å². The summed E-state index contributed by atoms with van der Waals surface area (Å²) in [5, 5.41) is 0. The molecule has 0 heterocycles. The van der Waals surface area contributed by atoms with Crippen molar-refractivity contribution < 1.29 is 28.5 Å². The fraction of sp³-hybridized carbons (Fsp3) is 0.364. The number of hydrogen-bond donors (Lipinski definition) is 0. The van der Waals surface area contributed by atoms with Crippen molar-refractivity contribution in [3.63, 3.8) is 0 Å². The van der Waals surface area contributed by atoms with Crippen molar-refractivity contribution in [2.24, 2.45) is 0 Å². The van der Waals surface area contributed by atoms with Gasteiger partial charge in [0.15, 0.2) is 23.9 Å². The van der Waals surface area contributed by atoms with Crippen LogP contribution in [0.1, 0.15) is 52.5 Å². The number of hydrogen-bond acceptors (Lipinski definition) is 6. The van der Waals surface area contributed by atoms with Crippen LogP contribution in [0.4, 0.5) is 0 Å². The Labute approximate surface area is 165 Å². The summed E-state index contributed by atoms with van der Waals surface area (Å²) in [7, 11) is 4.39. The van der Waals surface area contributed by atoms with Gasteiger partial charge in [-0.05, 0) is 30.0 Å². The number of ketones is 1. The van der Waals surface area contributed by atoms with E-state index in [2.05, 4.69) is 13.8 Å². The minimum absolute atomic E-state index is 0.203. The number of carbonyl (C=O) groups excluding carboxylic acids is 2. The van der Waals surface area contributed by atoms with Crippen LogP contribution in [0, 0.1) is 0 Å². The van der Waals surface area contributed by atoms with E-state index in [-0.39, 0.29) is 18.0 Å². The molecule has 0 spiro atoms. The Balaban J connectivity index is 2.08. The Hall–Kier alpha value is -3.02. The molecule has 0 aromatic heterocycles. The van der Waals surface area contributed by atoms with Gasteiger partial charge in [-0.25, -0.2) is 4.79 Å². The van der Waals surface area contributed by atoms with Crippen molar-refractivity contribution in [2.75, 3.05) is 27.9 Å². The van der Waals surface area contributed by atoms with E-state index in [1.54, 1.807) is 12.1 Å². The fourth-order valence-electron chi connectivity index (χ4n) is 2.73. The first kappa shape index (κ1) is 21.3. The van der Waals surface area contributed by atoms with Crippen molar-refractivity contribution in [1.29, 1.82) is 0 Å². The maximum Gasteiger partial charge on any atom is 0.338 e. The number of methoxy groups -OCH3 is 3. The van der Waals surface area contributed by atoms with E-state index in [0.29, 0.717) is 28.7 Å². The largest absolute Gasteiger partial charge is 0.493 e. The molecule has 0 fully saturated rings. The Morgan fingerprint density at radius 1 is 0.893 bits per heavy atom. The van der Waals surface area contributed by atoms with Crippen LogP contribution >= 0.6 is 0 Å². The molecule has 2 aromatic rings. The van der Waals surface area contributed by atoms with Gasteiger partial charge in [-0.2, -0.15) is 0 Å². The summed E-state index contributed by atoms with van der Waals surface area (Å²) in [6.45, 7) is 3.90. The molecule has 0 aliphatic heterocycles. The zero-order chi connectivity index (χ0) is 20.7. The molecule has 0 saturated heterocycles. The van der Waals surface area contributed by atoms with Gasteiger partial charge in [0.25, 0.3) is 0 Å². The molecule has 0 aliphatic carbocycles. The number of Topliss-reactive ketones (excluding diaryl/α,β-unsaturated/α-hetero) is 1. The summed E-state index contributed by atoms with van der Waals surface area (Å²) in [5.41, 5.74) is 1.88. The topological polar surface area (TPSA) is 71.1 Å². The lowest BCUT2D eigenvalue weighted by Gasteiger charge is -2.13. The molecule has 0 aliphatic rings. The normalized spacial score (nSPS) is 11.5. The third-order valence-corrected chi connectivity index (χ3v) is 4.65. The van der Waals surface area contributed by atoms with Crippen molar-refractivity contribution in [1.82, 2.24) is 0 Å². The summed E-state index contributed by atoms with van der Waals surface area (Å²) in [5.74, 6) is 0.558. The molecular weight excluding hydrogens is 360 g/mol. The van der Waals surface area contributed by atoms with Crippen LogP contribution in [0.3, 0.4) is 0 Å². The molecule has 6 heteroatoms. The zero-order valence-electron chi connectivity index (χ0n) is 16.9. The van der Waals surface area contributed by atoms with Crippen LogP contribution in [0.15, 0.2) is 36.4 Å². The van der Waals surface area contributed by atoms with Crippen LogP contribution < -0.4 is 14.2 Å². The molecule has 0 amide bonds. The number of rotatable bonds is 9. The Morgan fingerprint density at radius 2 is 1.46 bits per heavy atom. The molecule has 0 unspecified atom stereocenters. The highest BCUT2D eigenvalue weighted by atomic mass is 16.5. The second-order valence-corrected chi connectivity index (χ2v) is 6.34. The third kappa shape index (κ3) is 4.82. The number of ether oxygens (including phenoxy) is 4. The maximum atomic E-state index is 12.4. The molecule has 6 nitrogen and oxygen atoms in total. The molecule has 0 bridgehead atoms. The van der Waals surface area contributed by atoms with Gasteiger partial charge in [0, 0.05) is 5.56 Å². The summed E-state index contributed by atoms with van der Waals surface area (Å²) in [6, 6.07) is 10.4. The van der Waals surface area contributed by atoms with Crippen LogP contribution in [0.5, 0.6) is 17.2 Å². The lowest BCUT2D eigenvalue weighted by molar-refractivity contribution is 0.0474. The average Bonchev–Trinajstić information content (AvgIpc) is 2.75. The minimum Gasteiger partial charge on any atom is -0.493 e. The van der Waals surface area contributed by atoms with Gasteiger partial charge in [-0.15, -0.1) is 0 Å². The van der Waals surface area contributed by atoms with Gasteiger partial charge in [0.2, 0.25) is 5.75 Å². The SMILES string of the molecule is CC[C@H](C)c1ccc(C(=O)COC(=O)c2cc(OC)c(OC)c(OC)c2)cc1. The fourth-order valence-corrected chi connectivity index (χ4v) is 2.73. The van der Waals surface area contributed by atoms with Gasteiger partial charge in [-0.1, -0.05) is 38.1 Å². The first-order valence-electron chi connectivity index (χ1n) is 9.05. The van der Waals surface area contributed by atoms with E-state index in [1.165, 1.54) is 39.0 Å². The summed E-state index contributed by atoms with van der Waals surface area (Å²) in [4.78, 5) is 24.7. The van der Waals surface area contributed by atoms with E-state index in [0.717, 1.165) is 6.42 Å². The average molecular weight is 386 g/mol. The highest BCUT2D eigenvalue weighted by Crippen LogP contribution is 2.38. The van der Waals surface area contributed by atoms with E-state index in [1.807, 2.05) is 12.1 Å². The standard InChI is InChI=1S/C22H26O6/c1-6-14(2)15-7-9-16(10-8-15)18(23)13-28-22(24)17-11-19(25-3)21(27-5)20(12-17)26-4/h7-12,14H,6,13H2,1-5H3/t14-/m0/s1. The Morgan fingerprint density at radius 3 is 1.93 bits per heavy atom. The second kappa shape index (κ2) is 9.78. The number of carbonyl (C=O) groups is 2. The van der Waals surface area contributed by atoms with Gasteiger partial charge in [0.05, 0.1) is 26.9 Å². The molecule has 2 aromatic carbocycles. The quantitative estimate of drug-likeness (QED) is 0.474. The van der Waals surface area contributed by atoms with Crippen LogP contribution in [0.2, 0.25) is 0 Å². The predicted molar refractivity (Wildman–Crippen MR) is 106 cm³/mol. The maximum absolute atomic E-state index is 12.4. The summed E-state index contributed by atoms with van der Waals surface area (Å²) in [6.07, 6.45) is 1.03. The first-order valence-corrected chi connectivity index (χ1v) is 9.05. The smallest absolute Gasteiger partial charge is 0.338 e. The number of esters is 1. The molecule has 28 heavy (non-hydrogen) atoms. The predicted octanol–water partition coefficient (Wildman–Crippen LogP) is 4.27. The van der Waals surface area contributed by atoms with Gasteiger partial charge in [0.1, 0.15) is 0 Å². The second-order valence-electron chi connectivity index (χ2n) is 6.34. The minimum atomic E-state index is -0.649. The lowest BCUT2D eigenvalue weighted by atomic mass is 9.97. The molecule has 0 radical (unpaired) electrons. The van der Waals surface area contributed by atoms with Gasteiger partial charge < -0.3 is 18.9 Å². The molecule has 2 rings (SSSR count). The Bertz CT molecular complexity index is 800. The monoisotopic (exact) mass is 386 g/mol. The van der Waals surface area contributed by atoms with Crippen LogP contribution in [-0.4, -0.2) is 39.7 Å². The third-order valence-electron chi connectivity index (χ3n) is 4.65. The van der Waals surface area contributed by atoms with E-state index >= 15 is 0 Å². The van der Waals surface area contributed by atoms with Gasteiger partial charge in [-0.3, -0.25) is 4.79 Å². The highest BCUT2D eigenvalue weighted by Gasteiger charge is 2.19. The zero-order valence-corrected chi connectivity index (χ0v) is 16.9. The summed E-state index contributed by atoms with van der Waals surface area (Å²) < 4.78 is 20.9. The molecule has 0 saturated carbocycles. The van der Waals surface area contributed by atoms with Crippen molar-refractivity contribution in [3.8, 4) is 17.2 Å². The molecule has 0 N–H and O–H groups in total. The van der Waals surface area contributed by atoms with Crippen molar-refractivity contribution in [2.45, 2.75) is 26.2 Å². The lowest BCUT2D eigenvalue weighted by Crippen LogP contribution is -2.14. The molecule has 150 valence electrons. The van der Waals surface area contributed by atoms with Crippen LogP contribution in [0.25, 0.3) is 0 Å². The number of benzene rings is 2. The highest BCUT2D eigenvalue weighted by molar-refractivity contribution is 5.99. The van der Waals surface area contributed by atoms with Crippen molar-refractivity contribution >= 4 is 11.8 Å². The van der Waals surface area contributed by atoms with E-state index in [4.69, 9.17) is 18.9 Å². The summed E-state index contributed by atoms with van der Waals surface area (Å²) >= 11 is 0. The first-order chi connectivity index (χ1) is 13.4. The van der Waals surface area contributed by atoms with Crippen molar-refractivity contribution in [3.05, 3.63) is 53.1 Å². The van der Waals surface area contributed by atoms with Gasteiger partial charge >= 0.3 is 5.97 Å².